The predicted octanol–water partition coefficient (Wildman–Crippen LogP) is 0.670. The van der Waals surface area contributed by atoms with Crippen LogP contribution in [0.2, 0.25) is 0 Å². The molecule has 22 heavy (non-hydrogen) atoms. The molecule has 1 aliphatic rings. The second kappa shape index (κ2) is 11.3. The number of nitrogens with one attached hydrogen (secondary N) is 2. The fourth-order valence-corrected chi connectivity index (χ4v) is 2.02. The zero-order valence-electron chi connectivity index (χ0n) is 13.0. The fraction of sp³-hybridized carbons (Fsp3) is 0.625. The summed E-state index contributed by atoms with van der Waals surface area (Å²) < 4.78 is 22.5. The van der Waals surface area contributed by atoms with Crippen molar-refractivity contribution in [1.82, 2.24) is 10.6 Å². The van der Waals surface area contributed by atoms with Gasteiger partial charge in [0.25, 0.3) is 0 Å². The summed E-state index contributed by atoms with van der Waals surface area (Å²) in [5.74, 6) is 1.56. The van der Waals surface area contributed by atoms with E-state index in [1.54, 1.807) is 0 Å². The third kappa shape index (κ3) is 7.09. The second-order valence-electron chi connectivity index (χ2n) is 4.87. The van der Waals surface area contributed by atoms with Crippen molar-refractivity contribution in [3.05, 3.63) is 24.3 Å². The molecule has 1 aromatic rings. The minimum atomic E-state index is 0.599. The van der Waals surface area contributed by atoms with Gasteiger partial charge in [-0.15, -0.1) is 0 Å². The standard InChI is InChI=1S/C16H26N2O4/c1-2-4-16-15(3-1)21-11-7-17-5-9-19-13-14-20-10-6-18-8-12-22-16/h1-4,17-18H,5-14H2. The van der Waals surface area contributed by atoms with Crippen molar-refractivity contribution in [2.24, 2.45) is 0 Å². The second-order valence-corrected chi connectivity index (χ2v) is 4.87. The average molecular weight is 310 g/mol. The van der Waals surface area contributed by atoms with Gasteiger partial charge in [-0.1, -0.05) is 12.1 Å². The van der Waals surface area contributed by atoms with Crippen molar-refractivity contribution in [3.8, 4) is 11.5 Å². The predicted molar refractivity (Wildman–Crippen MR) is 84.8 cm³/mol. The van der Waals surface area contributed by atoms with Crippen LogP contribution < -0.4 is 20.1 Å². The molecule has 6 heteroatoms. The van der Waals surface area contributed by atoms with E-state index in [0.29, 0.717) is 39.6 Å². The summed E-state index contributed by atoms with van der Waals surface area (Å²) in [7, 11) is 0. The molecule has 0 aromatic heterocycles. The van der Waals surface area contributed by atoms with Gasteiger partial charge in [0.05, 0.1) is 26.4 Å². The van der Waals surface area contributed by atoms with Crippen molar-refractivity contribution in [3.63, 3.8) is 0 Å². The molecule has 0 atom stereocenters. The number of benzene rings is 1. The first-order valence-electron chi connectivity index (χ1n) is 7.88. The van der Waals surface area contributed by atoms with E-state index in [1.165, 1.54) is 0 Å². The van der Waals surface area contributed by atoms with Crippen LogP contribution >= 0.6 is 0 Å². The van der Waals surface area contributed by atoms with Crippen LogP contribution in [-0.2, 0) is 9.47 Å². The number of rotatable bonds is 0. The third-order valence-electron chi connectivity index (χ3n) is 3.14. The monoisotopic (exact) mass is 310 g/mol. The van der Waals surface area contributed by atoms with Crippen LogP contribution in [-0.4, -0.2) is 65.8 Å². The molecule has 0 bridgehead atoms. The van der Waals surface area contributed by atoms with Crippen LogP contribution in [0.25, 0.3) is 0 Å². The number of ether oxygens (including phenoxy) is 4. The lowest BCUT2D eigenvalue weighted by Gasteiger charge is -2.14. The molecule has 2 N–H and O–H groups in total. The van der Waals surface area contributed by atoms with Gasteiger partial charge in [0, 0.05) is 26.2 Å². The van der Waals surface area contributed by atoms with Crippen LogP contribution in [0.5, 0.6) is 11.5 Å². The lowest BCUT2D eigenvalue weighted by Crippen LogP contribution is -2.27. The Morgan fingerprint density at radius 3 is 1.55 bits per heavy atom. The highest BCUT2D eigenvalue weighted by Gasteiger charge is 2.04. The van der Waals surface area contributed by atoms with Crippen LogP contribution in [0.1, 0.15) is 0 Å². The SMILES string of the molecule is c1ccc2c(c1)OCCNCCOCCOCCNCCO2. The highest BCUT2D eigenvalue weighted by atomic mass is 16.5. The summed E-state index contributed by atoms with van der Waals surface area (Å²) >= 11 is 0. The summed E-state index contributed by atoms with van der Waals surface area (Å²) in [6.07, 6.45) is 0. The molecule has 0 fully saturated rings. The molecule has 2 rings (SSSR count). The van der Waals surface area contributed by atoms with Crippen molar-refractivity contribution in [1.29, 1.82) is 0 Å². The van der Waals surface area contributed by atoms with E-state index in [2.05, 4.69) is 10.6 Å². The fourth-order valence-electron chi connectivity index (χ4n) is 2.02. The van der Waals surface area contributed by atoms with Gasteiger partial charge in [0.15, 0.2) is 11.5 Å². The lowest BCUT2D eigenvalue weighted by molar-refractivity contribution is 0.0495. The Labute approximate surface area is 132 Å². The molecule has 0 saturated carbocycles. The van der Waals surface area contributed by atoms with E-state index in [9.17, 15) is 0 Å². The summed E-state index contributed by atoms with van der Waals surface area (Å²) in [5.41, 5.74) is 0. The molecule has 1 heterocycles. The van der Waals surface area contributed by atoms with E-state index < -0.39 is 0 Å². The Balaban J connectivity index is 1.79. The van der Waals surface area contributed by atoms with Gasteiger partial charge in [0.2, 0.25) is 0 Å². The first kappa shape index (κ1) is 17.0. The Bertz CT molecular complexity index is 366. The number of para-hydroxylation sites is 2. The first-order valence-corrected chi connectivity index (χ1v) is 7.88. The van der Waals surface area contributed by atoms with Crippen molar-refractivity contribution >= 4 is 0 Å². The van der Waals surface area contributed by atoms with Crippen LogP contribution in [0.4, 0.5) is 0 Å². The first-order chi connectivity index (χ1) is 11.0. The zero-order valence-corrected chi connectivity index (χ0v) is 13.0. The van der Waals surface area contributed by atoms with Crippen LogP contribution in [0.15, 0.2) is 24.3 Å². The summed E-state index contributed by atoms with van der Waals surface area (Å²) in [6.45, 7) is 6.99. The van der Waals surface area contributed by atoms with Gasteiger partial charge in [-0.3, -0.25) is 0 Å². The molecule has 0 amide bonds. The average Bonchev–Trinajstić information content (AvgIpc) is 2.55. The lowest BCUT2D eigenvalue weighted by atomic mass is 10.3. The number of hydrogen-bond donors (Lipinski definition) is 2. The van der Waals surface area contributed by atoms with E-state index in [1.807, 2.05) is 24.3 Å². The van der Waals surface area contributed by atoms with Gasteiger partial charge in [-0.25, -0.2) is 0 Å². The van der Waals surface area contributed by atoms with E-state index in [4.69, 9.17) is 18.9 Å². The zero-order chi connectivity index (χ0) is 15.3. The highest BCUT2D eigenvalue weighted by molar-refractivity contribution is 5.39. The van der Waals surface area contributed by atoms with Gasteiger partial charge < -0.3 is 29.6 Å². The normalized spacial score (nSPS) is 19.8. The van der Waals surface area contributed by atoms with Crippen LogP contribution in [0, 0.1) is 0 Å². The van der Waals surface area contributed by atoms with Gasteiger partial charge in [-0.2, -0.15) is 0 Å². The quantitative estimate of drug-likeness (QED) is 0.734. The number of hydrogen-bond acceptors (Lipinski definition) is 6. The van der Waals surface area contributed by atoms with E-state index in [-0.39, 0.29) is 0 Å². The molecule has 0 spiro atoms. The molecule has 0 saturated heterocycles. The largest absolute Gasteiger partial charge is 0.488 e. The summed E-state index contributed by atoms with van der Waals surface area (Å²) in [4.78, 5) is 0. The summed E-state index contributed by atoms with van der Waals surface area (Å²) in [5, 5.41) is 6.56. The van der Waals surface area contributed by atoms with E-state index >= 15 is 0 Å². The van der Waals surface area contributed by atoms with Gasteiger partial charge in [0.1, 0.15) is 13.2 Å². The molecule has 6 nitrogen and oxygen atoms in total. The topological polar surface area (TPSA) is 61.0 Å². The maximum Gasteiger partial charge on any atom is 0.161 e. The molecule has 0 unspecified atom stereocenters. The van der Waals surface area contributed by atoms with Crippen LogP contribution in [0.3, 0.4) is 0 Å². The smallest absolute Gasteiger partial charge is 0.161 e. The van der Waals surface area contributed by atoms with Crippen molar-refractivity contribution < 1.29 is 18.9 Å². The molecular weight excluding hydrogens is 284 g/mol. The molecule has 124 valence electrons. The minimum Gasteiger partial charge on any atom is -0.488 e. The maximum absolute atomic E-state index is 5.76. The Kier molecular flexibility index (Phi) is 8.71. The Morgan fingerprint density at radius 1 is 0.591 bits per heavy atom. The molecule has 0 radical (unpaired) electrons. The third-order valence-corrected chi connectivity index (χ3v) is 3.14. The van der Waals surface area contributed by atoms with Gasteiger partial charge >= 0.3 is 0 Å². The molecular formula is C16H26N2O4. The maximum atomic E-state index is 5.76. The molecule has 1 aliphatic heterocycles. The number of fused-ring (bicyclic) bond motifs is 1. The van der Waals surface area contributed by atoms with Crippen molar-refractivity contribution in [2.75, 3.05) is 65.8 Å². The summed E-state index contributed by atoms with van der Waals surface area (Å²) in [6, 6.07) is 7.76. The Hall–Kier alpha value is -1.34. The van der Waals surface area contributed by atoms with Crippen molar-refractivity contribution in [2.45, 2.75) is 0 Å². The Morgan fingerprint density at radius 2 is 1.05 bits per heavy atom. The highest BCUT2D eigenvalue weighted by Crippen LogP contribution is 2.25. The molecule has 0 aliphatic carbocycles. The van der Waals surface area contributed by atoms with Gasteiger partial charge in [-0.05, 0) is 12.1 Å². The van der Waals surface area contributed by atoms with E-state index in [0.717, 1.165) is 37.7 Å². The minimum absolute atomic E-state index is 0.599. The molecule has 1 aromatic carbocycles.